The average Bonchev–Trinajstić information content (AvgIpc) is 3.15. The first-order chi connectivity index (χ1) is 13.3. The van der Waals surface area contributed by atoms with Crippen molar-refractivity contribution in [2.24, 2.45) is 0 Å². The van der Waals surface area contributed by atoms with Gasteiger partial charge >= 0.3 is 0 Å². The fourth-order valence-electron chi connectivity index (χ4n) is 3.47. The van der Waals surface area contributed by atoms with Crippen molar-refractivity contribution >= 4 is 15.9 Å². The van der Waals surface area contributed by atoms with Gasteiger partial charge in [0, 0.05) is 32.0 Å². The van der Waals surface area contributed by atoms with Crippen molar-refractivity contribution in [3.8, 4) is 0 Å². The molecule has 0 radical (unpaired) electrons. The van der Waals surface area contributed by atoms with Crippen molar-refractivity contribution in [1.29, 1.82) is 0 Å². The number of amides is 1. The second kappa shape index (κ2) is 7.28. The van der Waals surface area contributed by atoms with Crippen molar-refractivity contribution in [2.45, 2.75) is 44.6 Å². The molecule has 0 spiro atoms. The molecule has 3 heterocycles. The molecule has 1 aliphatic heterocycles. The van der Waals surface area contributed by atoms with E-state index in [2.05, 4.69) is 15.1 Å². The number of carbonyl (C=O) groups is 1. The SMILES string of the molecule is Cc1ncoc1C(=O)N1CC(N(CCc2noc(C3CCC3)n2)S(C)(=O)=O)C1. The number of oxazole rings is 1. The van der Waals surface area contributed by atoms with Crippen molar-refractivity contribution in [3.05, 3.63) is 29.6 Å². The number of aryl methyl sites for hydroxylation is 1. The standard InChI is InChI=1S/C17H23N5O5S/c1-11-15(26-10-18-11)17(23)21-8-13(9-21)22(28(2,24)25)7-6-14-19-16(27-20-14)12-4-3-5-12/h10,12-13H,3-9H2,1-2H3. The molecule has 1 amide bonds. The third-order valence-corrected chi connectivity index (χ3v) is 6.75. The number of aromatic nitrogens is 3. The molecule has 2 fully saturated rings. The lowest BCUT2D eigenvalue weighted by Crippen LogP contribution is -2.62. The van der Waals surface area contributed by atoms with Crippen LogP contribution < -0.4 is 0 Å². The van der Waals surface area contributed by atoms with Gasteiger partial charge in [0.25, 0.3) is 5.91 Å². The molecule has 1 saturated carbocycles. The van der Waals surface area contributed by atoms with E-state index in [4.69, 9.17) is 8.94 Å². The van der Waals surface area contributed by atoms with Gasteiger partial charge in [0.2, 0.25) is 21.7 Å². The first-order valence-electron chi connectivity index (χ1n) is 9.31. The Labute approximate surface area is 162 Å². The predicted molar refractivity (Wildman–Crippen MR) is 97.1 cm³/mol. The summed E-state index contributed by atoms with van der Waals surface area (Å²) in [5.41, 5.74) is 0.521. The molecule has 0 unspecified atom stereocenters. The molecule has 28 heavy (non-hydrogen) atoms. The van der Waals surface area contributed by atoms with Crippen LogP contribution in [0, 0.1) is 6.92 Å². The number of likely N-dealkylation sites (tertiary alicyclic amines) is 1. The van der Waals surface area contributed by atoms with Crippen LogP contribution in [-0.4, -0.2) is 70.6 Å². The highest BCUT2D eigenvalue weighted by Gasteiger charge is 2.40. The average molecular weight is 409 g/mol. The Hall–Kier alpha value is -2.27. The summed E-state index contributed by atoms with van der Waals surface area (Å²) in [6.07, 6.45) is 6.07. The van der Waals surface area contributed by atoms with Gasteiger partial charge in [0.05, 0.1) is 18.0 Å². The van der Waals surface area contributed by atoms with Crippen molar-refractivity contribution < 1.29 is 22.2 Å². The number of hydrogen-bond acceptors (Lipinski definition) is 8. The van der Waals surface area contributed by atoms with Crippen molar-refractivity contribution in [2.75, 3.05) is 25.9 Å². The maximum absolute atomic E-state index is 12.4. The minimum absolute atomic E-state index is 0.194. The van der Waals surface area contributed by atoms with Gasteiger partial charge in [-0.2, -0.15) is 9.29 Å². The molecule has 1 saturated heterocycles. The van der Waals surface area contributed by atoms with Gasteiger partial charge < -0.3 is 13.8 Å². The Kier molecular flexibility index (Phi) is 4.96. The minimum atomic E-state index is -3.44. The summed E-state index contributed by atoms with van der Waals surface area (Å²) in [5, 5.41) is 3.97. The van der Waals surface area contributed by atoms with Crippen LogP contribution in [0.2, 0.25) is 0 Å². The molecule has 0 atom stereocenters. The first-order valence-corrected chi connectivity index (χ1v) is 11.2. The van der Waals surface area contributed by atoms with E-state index in [1.165, 1.54) is 23.4 Å². The lowest BCUT2D eigenvalue weighted by atomic mass is 9.85. The van der Waals surface area contributed by atoms with Crippen LogP contribution in [-0.2, 0) is 16.4 Å². The van der Waals surface area contributed by atoms with Crippen LogP contribution in [0.4, 0.5) is 0 Å². The van der Waals surface area contributed by atoms with Gasteiger partial charge in [-0.1, -0.05) is 11.6 Å². The van der Waals surface area contributed by atoms with Crippen LogP contribution in [0.25, 0.3) is 0 Å². The highest BCUT2D eigenvalue weighted by molar-refractivity contribution is 7.88. The predicted octanol–water partition coefficient (Wildman–Crippen LogP) is 0.962. The second-order valence-electron chi connectivity index (χ2n) is 7.43. The molecular weight excluding hydrogens is 386 g/mol. The number of nitrogens with zero attached hydrogens (tertiary/aromatic N) is 5. The maximum atomic E-state index is 12.4. The summed E-state index contributed by atoms with van der Waals surface area (Å²) in [4.78, 5) is 22.3. The zero-order valence-electron chi connectivity index (χ0n) is 15.9. The highest BCUT2D eigenvalue weighted by Crippen LogP contribution is 2.35. The molecule has 4 rings (SSSR count). The first kappa shape index (κ1) is 19.1. The molecule has 0 N–H and O–H groups in total. The van der Waals surface area contributed by atoms with Crippen LogP contribution in [0.1, 0.15) is 53.1 Å². The lowest BCUT2D eigenvalue weighted by Gasteiger charge is -2.43. The molecule has 2 aromatic rings. The van der Waals surface area contributed by atoms with Gasteiger partial charge in [0.1, 0.15) is 0 Å². The number of carbonyl (C=O) groups excluding carboxylic acids is 1. The Balaban J connectivity index is 1.36. The van der Waals surface area contributed by atoms with Gasteiger partial charge in [-0.25, -0.2) is 13.4 Å². The molecule has 152 valence electrons. The topological polar surface area (TPSA) is 123 Å². The summed E-state index contributed by atoms with van der Waals surface area (Å²) < 4.78 is 36.3. The second-order valence-corrected chi connectivity index (χ2v) is 9.37. The smallest absolute Gasteiger partial charge is 0.291 e. The lowest BCUT2D eigenvalue weighted by molar-refractivity contribution is 0.0423. The zero-order valence-corrected chi connectivity index (χ0v) is 16.7. The molecule has 2 aromatic heterocycles. The number of rotatable bonds is 7. The van der Waals surface area contributed by atoms with Gasteiger partial charge in [0.15, 0.2) is 12.2 Å². The van der Waals surface area contributed by atoms with E-state index >= 15 is 0 Å². The van der Waals surface area contributed by atoms with Crippen LogP contribution in [0.5, 0.6) is 0 Å². The molecule has 0 bridgehead atoms. The van der Waals surface area contributed by atoms with E-state index in [9.17, 15) is 13.2 Å². The number of sulfonamides is 1. The summed E-state index contributed by atoms with van der Waals surface area (Å²) in [6.45, 7) is 2.56. The van der Waals surface area contributed by atoms with Crippen LogP contribution in [0.15, 0.2) is 15.3 Å². The van der Waals surface area contributed by atoms with Gasteiger partial charge in [-0.3, -0.25) is 4.79 Å². The Morgan fingerprint density at radius 1 is 1.36 bits per heavy atom. The van der Waals surface area contributed by atoms with E-state index in [1.807, 2.05) is 0 Å². The minimum Gasteiger partial charge on any atom is -0.438 e. The highest BCUT2D eigenvalue weighted by atomic mass is 32.2. The van der Waals surface area contributed by atoms with Crippen LogP contribution in [0.3, 0.4) is 0 Å². The van der Waals surface area contributed by atoms with Crippen LogP contribution >= 0.6 is 0 Å². The summed E-state index contributed by atoms with van der Waals surface area (Å²) >= 11 is 0. The quantitative estimate of drug-likeness (QED) is 0.663. The third kappa shape index (κ3) is 3.68. The van der Waals surface area contributed by atoms with Gasteiger partial charge in [-0.15, -0.1) is 0 Å². The van der Waals surface area contributed by atoms with Gasteiger partial charge in [-0.05, 0) is 19.8 Å². The fourth-order valence-corrected chi connectivity index (χ4v) is 4.57. The van der Waals surface area contributed by atoms with E-state index < -0.39 is 10.0 Å². The summed E-state index contributed by atoms with van der Waals surface area (Å²) in [7, 11) is -3.44. The summed E-state index contributed by atoms with van der Waals surface area (Å²) in [5.74, 6) is 1.43. The maximum Gasteiger partial charge on any atom is 0.291 e. The zero-order chi connectivity index (χ0) is 19.9. The fraction of sp³-hybridized carbons (Fsp3) is 0.647. The Bertz CT molecular complexity index is 958. The van der Waals surface area contributed by atoms with E-state index in [0.717, 1.165) is 12.8 Å². The molecule has 10 nitrogen and oxygen atoms in total. The number of hydrogen-bond donors (Lipinski definition) is 0. The Morgan fingerprint density at radius 3 is 2.68 bits per heavy atom. The summed E-state index contributed by atoms with van der Waals surface area (Å²) in [6, 6.07) is -0.278. The molecule has 0 aromatic carbocycles. The van der Waals surface area contributed by atoms with E-state index in [0.29, 0.717) is 42.8 Å². The van der Waals surface area contributed by atoms with E-state index in [-0.39, 0.29) is 24.3 Å². The van der Waals surface area contributed by atoms with Crippen molar-refractivity contribution in [3.63, 3.8) is 0 Å². The largest absolute Gasteiger partial charge is 0.438 e. The monoisotopic (exact) mass is 409 g/mol. The Morgan fingerprint density at radius 2 is 2.11 bits per heavy atom. The molecule has 2 aliphatic rings. The molecule has 11 heteroatoms. The van der Waals surface area contributed by atoms with Crippen molar-refractivity contribution in [1.82, 2.24) is 24.3 Å². The van der Waals surface area contributed by atoms with E-state index in [1.54, 1.807) is 11.8 Å². The molecular formula is C17H23N5O5S. The third-order valence-electron chi connectivity index (χ3n) is 5.42. The normalized spacial score (nSPS) is 18.3. The molecule has 1 aliphatic carbocycles.